The fourth-order valence-corrected chi connectivity index (χ4v) is 2.42. The van der Waals surface area contributed by atoms with E-state index in [9.17, 15) is 0 Å². The predicted octanol–water partition coefficient (Wildman–Crippen LogP) is 3.33. The molecule has 1 aromatic carbocycles. The Labute approximate surface area is 94.0 Å². The highest BCUT2D eigenvalue weighted by molar-refractivity contribution is 7.99. The van der Waals surface area contributed by atoms with E-state index < -0.39 is 0 Å². The molecular formula is C12H14N2S. The number of para-hydroxylation sites is 2. The topological polar surface area (TPSA) is 17.8 Å². The second-order valence-corrected chi connectivity index (χ2v) is 4.21. The molecular weight excluding hydrogens is 204 g/mol. The number of fused-ring (bicyclic) bond motifs is 1. The maximum Gasteiger partial charge on any atom is 0.169 e. The van der Waals surface area contributed by atoms with Crippen LogP contribution in [-0.2, 0) is 6.54 Å². The third-order valence-corrected chi connectivity index (χ3v) is 3.24. The highest BCUT2D eigenvalue weighted by atomic mass is 32.2. The highest BCUT2D eigenvalue weighted by Gasteiger charge is 2.07. The number of imidazole rings is 1. The molecule has 0 saturated carbocycles. The summed E-state index contributed by atoms with van der Waals surface area (Å²) in [5.41, 5.74) is 2.29. The molecule has 3 heteroatoms. The van der Waals surface area contributed by atoms with Crippen molar-refractivity contribution in [2.45, 2.75) is 18.6 Å². The Kier molecular flexibility index (Phi) is 3.11. The van der Waals surface area contributed by atoms with Gasteiger partial charge in [-0.2, -0.15) is 0 Å². The largest absolute Gasteiger partial charge is 0.319 e. The first kappa shape index (κ1) is 10.3. The van der Waals surface area contributed by atoms with Crippen molar-refractivity contribution in [2.75, 3.05) is 5.75 Å². The summed E-state index contributed by atoms with van der Waals surface area (Å²) in [6, 6.07) is 8.25. The first-order chi connectivity index (χ1) is 7.36. The lowest BCUT2D eigenvalue weighted by Crippen LogP contribution is -1.95. The summed E-state index contributed by atoms with van der Waals surface area (Å²) in [4.78, 5) is 4.60. The Hall–Kier alpha value is -1.22. The van der Waals surface area contributed by atoms with E-state index >= 15 is 0 Å². The Balaban J connectivity index is 2.48. The molecule has 1 heterocycles. The van der Waals surface area contributed by atoms with Crippen molar-refractivity contribution in [1.82, 2.24) is 9.55 Å². The molecule has 78 valence electrons. The second kappa shape index (κ2) is 4.53. The van der Waals surface area contributed by atoms with Gasteiger partial charge in [-0.25, -0.2) is 4.98 Å². The van der Waals surface area contributed by atoms with E-state index in [1.807, 2.05) is 12.1 Å². The van der Waals surface area contributed by atoms with Crippen molar-refractivity contribution >= 4 is 22.8 Å². The number of thioether (sulfide) groups is 1. The molecule has 0 amide bonds. The lowest BCUT2D eigenvalue weighted by molar-refractivity contribution is 0.703. The van der Waals surface area contributed by atoms with E-state index in [1.54, 1.807) is 11.8 Å². The molecule has 2 rings (SSSR count). The van der Waals surface area contributed by atoms with Crippen LogP contribution in [0.1, 0.15) is 6.92 Å². The highest BCUT2D eigenvalue weighted by Crippen LogP contribution is 2.23. The molecule has 0 radical (unpaired) electrons. The predicted molar refractivity (Wildman–Crippen MR) is 66.3 cm³/mol. The first-order valence-electron chi connectivity index (χ1n) is 5.05. The van der Waals surface area contributed by atoms with Gasteiger partial charge in [0, 0.05) is 12.3 Å². The fraction of sp³-hybridized carbons (Fsp3) is 0.250. The smallest absolute Gasteiger partial charge is 0.169 e. The van der Waals surface area contributed by atoms with E-state index in [0.29, 0.717) is 0 Å². The van der Waals surface area contributed by atoms with Crippen LogP contribution in [0.3, 0.4) is 0 Å². The van der Waals surface area contributed by atoms with Crippen molar-refractivity contribution in [3.63, 3.8) is 0 Å². The summed E-state index contributed by atoms with van der Waals surface area (Å²) in [5, 5.41) is 1.08. The van der Waals surface area contributed by atoms with E-state index in [4.69, 9.17) is 0 Å². The number of hydrogen-bond acceptors (Lipinski definition) is 2. The van der Waals surface area contributed by atoms with Gasteiger partial charge < -0.3 is 4.57 Å². The number of benzene rings is 1. The second-order valence-electron chi connectivity index (χ2n) is 3.23. The quantitative estimate of drug-likeness (QED) is 0.578. The van der Waals surface area contributed by atoms with Crippen molar-refractivity contribution in [3.8, 4) is 0 Å². The molecule has 0 spiro atoms. The Morgan fingerprint density at radius 3 is 3.00 bits per heavy atom. The first-order valence-corrected chi connectivity index (χ1v) is 6.04. The van der Waals surface area contributed by atoms with E-state index in [-0.39, 0.29) is 0 Å². The normalized spacial score (nSPS) is 10.7. The van der Waals surface area contributed by atoms with Gasteiger partial charge in [-0.3, -0.25) is 0 Å². The van der Waals surface area contributed by atoms with Crippen LogP contribution in [0, 0.1) is 0 Å². The third-order valence-electron chi connectivity index (χ3n) is 2.27. The molecule has 0 fully saturated rings. The van der Waals surface area contributed by atoms with Gasteiger partial charge in [0.25, 0.3) is 0 Å². The molecule has 0 aliphatic rings. The monoisotopic (exact) mass is 218 g/mol. The number of rotatable bonds is 4. The van der Waals surface area contributed by atoms with E-state index in [0.717, 1.165) is 23.0 Å². The summed E-state index contributed by atoms with van der Waals surface area (Å²) in [6.45, 7) is 6.83. The summed E-state index contributed by atoms with van der Waals surface area (Å²) in [5.74, 6) is 0.906. The zero-order chi connectivity index (χ0) is 10.7. The van der Waals surface area contributed by atoms with Crippen LogP contribution in [0.4, 0.5) is 0 Å². The number of nitrogens with zero attached hydrogens (tertiary/aromatic N) is 2. The molecule has 0 unspecified atom stereocenters. The van der Waals surface area contributed by atoms with E-state index in [2.05, 4.69) is 41.3 Å². The summed E-state index contributed by atoms with van der Waals surface area (Å²) in [7, 11) is 0. The Morgan fingerprint density at radius 1 is 1.47 bits per heavy atom. The van der Waals surface area contributed by atoms with Crippen LogP contribution in [-0.4, -0.2) is 15.3 Å². The molecule has 1 aromatic heterocycles. The standard InChI is InChI=1S/C12H14N2S/c1-3-9-15-12-13-10-7-5-6-8-11(10)14(12)4-2/h3,5-8H,1,4,9H2,2H3. The number of aromatic nitrogens is 2. The average Bonchev–Trinajstić information content (AvgIpc) is 2.63. The minimum absolute atomic E-state index is 0.906. The van der Waals surface area contributed by atoms with Crippen LogP contribution in [0.2, 0.25) is 0 Å². The summed E-state index contributed by atoms with van der Waals surface area (Å²) >= 11 is 1.73. The van der Waals surface area contributed by atoms with Gasteiger partial charge in [0.2, 0.25) is 0 Å². The zero-order valence-electron chi connectivity index (χ0n) is 8.81. The lowest BCUT2D eigenvalue weighted by Gasteiger charge is -2.03. The summed E-state index contributed by atoms with van der Waals surface area (Å²) in [6.07, 6.45) is 1.91. The van der Waals surface area contributed by atoms with Crippen LogP contribution in [0.15, 0.2) is 42.1 Å². The zero-order valence-corrected chi connectivity index (χ0v) is 9.63. The molecule has 15 heavy (non-hydrogen) atoms. The van der Waals surface area contributed by atoms with Crippen LogP contribution < -0.4 is 0 Å². The lowest BCUT2D eigenvalue weighted by atomic mass is 10.3. The van der Waals surface area contributed by atoms with E-state index in [1.165, 1.54) is 5.52 Å². The summed E-state index contributed by atoms with van der Waals surface area (Å²) < 4.78 is 2.24. The Morgan fingerprint density at radius 2 is 2.27 bits per heavy atom. The van der Waals surface area contributed by atoms with Gasteiger partial charge in [0.05, 0.1) is 11.0 Å². The van der Waals surface area contributed by atoms with Crippen molar-refractivity contribution in [1.29, 1.82) is 0 Å². The van der Waals surface area contributed by atoms with Crippen LogP contribution in [0.25, 0.3) is 11.0 Å². The molecule has 0 aliphatic carbocycles. The maximum absolute atomic E-state index is 4.60. The van der Waals surface area contributed by atoms with Crippen LogP contribution >= 0.6 is 11.8 Å². The maximum atomic E-state index is 4.60. The van der Waals surface area contributed by atoms with Crippen molar-refractivity contribution < 1.29 is 0 Å². The molecule has 2 aromatic rings. The molecule has 0 bridgehead atoms. The van der Waals surface area contributed by atoms with Gasteiger partial charge in [0.15, 0.2) is 5.16 Å². The molecule has 0 saturated heterocycles. The fourth-order valence-electron chi connectivity index (χ4n) is 1.60. The van der Waals surface area contributed by atoms with Gasteiger partial charge in [0.1, 0.15) is 0 Å². The molecule has 0 N–H and O–H groups in total. The molecule has 0 aliphatic heterocycles. The SMILES string of the molecule is C=CCSc1nc2ccccc2n1CC. The molecule has 0 atom stereocenters. The molecule has 2 nitrogen and oxygen atoms in total. The van der Waals surface area contributed by atoms with Crippen LogP contribution in [0.5, 0.6) is 0 Å². The van der Waals surface area contributed by atoms with Gasteiger partial charge in [-0.05, 0) is 19.1 Å². The number of aryl methyl sites for hydroxylation is 1. The van der Waals surface area contributed by atoms with Gasteiger partial charge in [-0.1, -0.05) is 30.0 Å². The Bertz CT molecular complexity index is 473. The minimum Gasteiger partial charge on any atom is -0.319 e. The van der Waals surface area contributed by atoms with Gasteiger partial charge in [-0.15, -0.1) is 6.58 Å². The van der Waals surface area contributed by atoms with Gasteiger partial charge >= 0.3 is 0 Å². The average molecular weight is 218 g/mol. The van der Waals surface area contributed by atoms with Crippen molar-refractivity contribution in [3.05, 3.63) is 36.9 Å². The number of hydrogen-bond donors (Lipinski definition) is 0. The third kappa shape index (κ3) is 1.92. The van der Waals surface area contributed by atoms with Crippen molar-refractivity contribution in [2.24, 2.45) is 0 Å². The minimum atomic E-state index is 0.906.